The largest absolute Gasteiger partial charge is 0.354 e. The van der Waals surface area contributed by atoms with Gasteiger partial charge in [-0.25, -0.2) is 9.18 Å². The zero-order chi connectivity index (χ0) is 21.3. The second-order valence-corrected chi connectivity index (χ2v) is 7.84. The van der Waals surface area contributed by atoms with Crippen LogP contribution in [0, 0.1) is 5.82 Å². The summed E-state index contributed by atoms with van der Waals surface area (Å²) in [5, 5.41) is 0. The van der Waals surface area contributed by atoms with Crippen molar-refractivity contribution in [3.63, 3.8) is 0 Å². The summed E-state index contributed by atoms with van der Waals surface area (Å²) >= 11 is 0. The highest BCUT2D eigenvalue weighted by atomic mass is 19.1. The Hall–Kier alpha value is -2.90. The summed E-state index contributed by atoms with van der Waals surface area (Å²) in [4.78, 5) is 41.8. The number of hydrogen-bond donors (Lipinski definition) is 0. The fraction of sp³-hybridized carbons (Fsp3) is 0.476. The van der Waals surface area contributed by atoms with Crippen LogP contribution in [-0.2, 0) is 0 Å². The van der Waals surface area contributed by atoms with Crippen LogP contribution in [0.5, 0.6) is 0 Å². The number of carbonyl (C=O) groups is 1. The summed E-state index contributed by atoms with van der Waals surface area (Å²) in [7, 11) is 0. The lowest BCUT2D eigenvalue weighted by atomic mass is 10.1. The number of piperazine rings is 1. The number of halogens is 1. The molecule has 0 bridgehead atoms. The smallest absolute Gasteiger partial charge is 0.333 e. The molecule has 0 aliphatic carbocycles. The maximum absolute atomic E-state index is 13.1. The Morgan fingerprint density at radius 3 is 1.97 bits per heavy atom. The Morgan fingerprint density at radius 2 is 1.45 bits per heavy atom. The van der Waals surface area contributed by atoms with Crippen molar-refractivity contribution in [1.29, 1.82) is 0 Å². The van der Waals surface area contributed by atoms with Crippen molar-refractivity contribution >= 4 is 11.7 Å². The number of benzene rings is 1. The van der Waals surface area contributed by atoms with Crippen molar-refractivity contribution in [1.82, 2.24) is 14.0 Å². The predicted octanol–water partition coefficient (Wildman–Crippen LogP) is 2.27. The molecule has 156 valence electrons. The molecule has 0 saturated carbocycles. The lowest BCUT2D eigenvalue weighted by Crippen LogP contribution is -2.51. The lowest BCUT2D eigenvalue weighted by Gasteiger charge is -2.37. The number of aromatic nitrogens is 2. The average molecular weight is 402 g/mol. The first-order valence-corrected chi connectivity index (χ1v) is 9.88. The van der Waals surface area contributed by atoms with Gasteiger partial charge >= 0.3 is 5.69 Å². The lowest BCUT2D eigenvalue weighted by molar-refractivity contribution is 0.0746. The van der Waals surface area contributed by atoms with E-state index in [0.29, 0.717) is 37.6 Å². The number of anilines is 1. The van der Waals surface area contributed by atoms with Crippen LogP contribution >= 0.6 is 0 Å². The minimum Gasteiger partial charge on any atom is -0.354 e. The monoisotopic (exact) mass is 402 g/mol. The fourth-order valence-electron chi connectivity index (χ4n) is 3.68. The van der Waals surface area contributed by atoms with Crippen LogP contribution in [0.25, 0.3) is 0 Å². The Bertz CT molecular complexity index is 1000. The summed E-state index contributed by atoms with van der Waals surface area (Å²) in [6, 6.07) is 6.68. The summed E-state index contributed by atoms with van der Waals surface area (Å²) in [6.45, 7) is 9.36. The molecule has 2 heterocycles. The third-order valence-electron chi connectivity index (χ3n) is 5.16. The van der Waals surface area contributed by atoms with Gasteiger partial charge in [-0.3, -0.25) is 18.7 Å². The summed E-state index contributed by atoms with van der Waals surface area (Å²) in [6.07, 6.45) is 0. The van der Waals surface area contributed by atoms with Crippen molar-refractivity contribution in [2.24, 2.45) is 0 Å². The molecular weight excluding hydrogens is 375 g/mol. The van der Waals surface area contributed by atoms with Gasteiger partial charge in [-0.1, -0.05) is 0 Å². The van der Waals surface area contributed by atoms with E-state index in [1.54, 1.807) is 9.47 Å². The van der Waals surface area contributed by atoms with E-state index in [9.17, 15) is 18.8 Å². The van der Waals surface area contributed by atoms with E-state index in [2.05, 4.69) is 0 Å². The maximum Gasteiger partial charge on any atom is 0.333 e. The van der Waals surface area contributed by atoms with E-state index in [0.717, 1.165) is 0 Å². The molecule has 0 atom stereocenters. The van der Waals surface area contributed by atoms with Crippen LogP contribution in [0.15, 0.2) is 39.9 Å². The zero-order valence-electron chi connectivity index (χ0n) is 17.3. The number of amides is 1. The van der Waals surface area contributed by atoms with Gasteiger partial charge in [-0.05, 0) is 52.0 Å². The standard InChI is InChI=1S/C21H27FN4O3/c1-14(2)25-18(13-19(27)26(15(3)4)21(25)29)23-9-11-24(12-10-23)20(28)16-5-7-17(22)8-6-16/h5-8,13-15H,9-12H2,1-4H3. The van der Waals surface area contributed by atoms with E-state index in [-0.39, 0.29) is 35.1 Å². The van der Waals surface area contributed by atoms with Crippen LogP contribution in [0.4, 0.5) is 10.2 Å². The molecule has 0 spiro atoms. The van der Waals surface area contributed by atoms with Crippen molar-refractivity contribution in [3.05, 3.63) is 62.6 Å². The van der Waals surface area contributed by atoms with E-state index in [1.165, 1.54) is 34.9 Å². The number of nitrogens with zero attached hydrogens (tertiary/aromatic N) is 4. The minimum absolute atomic E-state index is 0.109. The van der Waals surface area contributed by atoms with E-state index in [4.69, 9.17) is 0 Å². The van der Waals surface area contributed by atoms with Crippen LogP contribution in [0.2, 0.25) is 0 Å². The van der Waals surface area contributed by atoms with Gasteiger partial charge in [0.1, 0.15) is 11.6 Å². The zero-order valence-corrected chi connectivity index (χ0v) is 17.3. The first kappa shape index (κ1) is 20.8. The van der Waals surface area contributed by atoms with Gasteiger partial charge in [-0.2, -0.15) is 0 Å². The quantitative estimate of drug-likeness (QED) is 0.787. The molecule has 1 aromatic carbocycles. The molecule has 0 unspecified atom stereocenters. The van der Waals surface area contributed by atoms with Crippen LogP contribution < -0.4 is 16.1 Å². The Labute approximate surface area is 169 Å². The van der Waals surface area contributed by atoms with Crippen LogP contribution in [0.1, 0.15) is 50.1 Å². The molecule has 0 radical (unpaired) electrons. The molecule has 3 rings (SSSR count). The van der Waals surface area contributed by atoms with Gasteiger partial charge < -0.3 is 9.80 Å². The van der Waals surface area contributed by atoms with Gasteiger partial charge in [0.2, 0.25) is 0 Å². The normalized spacial score (nSPS) is 14.7. The molecule has 7 nitrogen and oxygen atoms in total. The van der Waals surface area contributed by atoms with Crippen LogP contribution in [-0.4, -0.2) is 46.1 Å². The van der Waals surface area contributed by atoms with Gasteiger partial charge in [0, 0.05) is 49.9 Å². The third kappa shape index (κ3) is 4.11. The van der Waals surface area contributed by atoms with Crippen molar-refractivity contribution < 1.29 is 9.18 Å². The average Bonchev–Trinajstić information content (AvgIpc) is 2.67. The van der Waals surface area contributed by atoms with Gasteiger partial charge in [-0.15, -0.1) is 0 Å². The first-order chi connectivity index (χ1) is 13.7. The molecule has 1 aliphatic rings. The molecule has 8 heteroatoms. The first-order valence-electron chi connectivity index (χ1n) is 9.88. The number of rotatable bonds is 4. The topological polar surface area (TPSA) is 67.5 Å². The molecule has 1 aromatic heterocycles. The SMILES string of the molecule is CC(C)n1c(N2CCN(C(=O)c3ccc(F)cc3)CC2)cc(=O)n(C(C)C)c1=O. The van der Waals surface area contributed by atoms with Crippen molar-refractivity contribution in [2.75, 3.05) is 31.1 Å². The molecule has 2 aromatic rings. The highest BCUT2D eigenvalue weighted by molar-refractivity contribution is 5.94. The molecule has 1 saturated heterocycles. The van der Waals surface area contributed by atoms with E-state index in [1.807, 2.05) is 32.6 Å². The highest BCUT2D eigenvalue weighted by Gasteiger charge is 2.26. The predicted molar refractivity (Wildman–Crippen MR) is 110 cm³/mol. The summed E-state index contributed by atoms with van der Waals surface area (Å²) in [5.74, 6) is 0.0519. The van der Waals surface area contributed by atoms with Gasteiger partial charge in [0.05, 0.1) is 0 Å². The molecule has 1 amide bonds. The van der Waals surface area contributed by atoms with Gasteiger partial charge in [0.25, 0.3) is 11.5 Å². The van der Waals surface area contributed by atoms with Crippen molar-refractivity contribution in [2.45, 2.75) is 39.8 Å². The maximum atomic E-state index is 13.1. The highest BCUT2D eigenvalue weighted by Crippen LogP contribution is 2.19. The molecule has 1 aliphatic heterocycles. The summed E-state index contributed by atoms with van der Waals surface area (Å²) in [5.41, 5.74) is -0.192. The number of carbonyl (C=O) groups excluding carboxylic acids is 1. The molecular formula is C21H27FN4O3. The van der Waals surface area contributed by atoms with E-state index < -0.39 is 0 Å². The van der Waals surface area contributed by atoms with Crippen molar-refractivity contribution in [3.8, 4) is 0 Å². The second-order valence-electron chi connectivity index (χ2n) is 7.84. The van der Waals surface area contributed by atoms with Gasteiger partial charge in [0.15, 0.2) is 0 Å². The Balaban J connectivity index is 1.84. The minimum atomic E-state index is -0.380. The number of hydrogen-bond acceptors (Lipinski definition) is 4. The molecule has 29 heavy (non-hydrogen) atoms. The second kappa shape index (κ2) is 8.23. The molecule has 0 N–H and O–H groups in total. The molecule has 1 fully saturated rings. The Kier molecular flexibility index (Phi) is 5.91. The fourth-order valence-corrected chi connectivity index (χ4v) is 3.68. The van der Waals surface area contributed by atoms with Crippen LogP contribution in [0.3, 0.4) is 0 Å². The van der Waals surface area contributed by atoms with E-state index >= 15 is 0 Å². The Morgan fingerprint density at radius 1 is 0.897 bits per heavy atom. The third-order valence-corrected chi connectivity index (χ3v) is 5.16. The summed E-state index contributed by atoms with van der Waals surface area (Å²) < 4.78 is 16.0.